The lowest BCUT2D eigenvalue weighted by molar-refractivity contribution is 0.312. The molecule has 1 heteroatoms. The summed E-state index contributed by atoms with van der Waals surface area (Å²) in [5, 5.41) is 0. The van der Waals surface area contributed by atoms with Gasteiger partial charge in [0, 0.05) is 0 Å². The highest BCUT2D eigenvalue weighted by molar-refractivity contribution is 5.27. The Morgan fingerprint density at radius 2 is 1.87 bits per heavy atom. The first kappa shape index (κ1) is 12.1. The molecule has 0 aromatic heterocycles. The molecular formula is C14H21O. The molecule has 0 aliphatic carbocycles. The van der Waals surface area contributed by atoms with E-state index in [1.165, 1.54) is 24.8 Å². The molecule has 0 heterocycles. The van der Waals surface area contributed by atoms with Crippen LogP contribution in [0.3, 0.4) is 0 Å². The average Bonchev–Trinajstić information content (AvgIpc) is 2.28. The van der Waals surface area contributed by atoms with Gasteiger partial charge in [-0.1, -0.05) is 38.8 Å². The van der Waals surface area contributed by atoms with Gasteiger partial charge < -0.3 is 4.74 Å². The van der Waals surface area contributed by atoms with Crippen molar-refractivity contribution in [1.29, 1.82) is 0 Å². The van der Waals surface area contributed by atoms with Gasteiger partial charge in [-0.05, 0) is 37.0 Å². The number of hydrogen-bond acceptors (Lipinski definition) is 1. The van der Waals surface area contributed by atoms with Crippen LogP contribution in [0.4, 0.5) is 0 Å². The fourth-order valence-corrected chi connectivity index (χ4v) is 1.43. The largest absolute Gasteiger partial charge is 0.494 e. The Morgan fingerprint density at radius 3 is 2.47 bits per heavy atom. The van der Waals surface area contributed by atoms with E-state index in [0.717, 1.165) is 25.2 Å². The van der Waals surface area contributed by atoms with Crippen molar-refractivity contribution in [2.45, 2.75) is 39.0 Å². The van der Waals surface area contributed by atoms with Gasteiger partial charge in [0.25, 0.3) is 0 Å². The van der Waals surface area contributed by atoms with Gasteiger partial charge in [0.15, 0.2) is 0 Å². The second-order valence-electron chi connectivity index (χ2n) is 3.80. The van der Waals surface area contributed by atoms with Gasteiger partial charge in [-0.15, -0.1) is 0 Å². The molecule has 83 valence electrons. The van der Waals surface area contributed by atoms with E-state index in [0.29, 0.717) is 0 Å². The van der Waals surface area contributed by atoms with E-state index in [-0.39, 0.29) is 0 Å². The van der Waals surface area contributed by atoms with E-state index in [9.17, 15) is 0 Å². The number of aryl methyl sites for hydroxylation is 1. The minimum absolute atomic E-state index is 0.776. The lowest BCUT2D eigenvalue weighted by Gasteiger charge is -2.06. The second-order valence-corrected chi connectivity index (χ2v) is 3.80. The Kier molecular flexibility index (Phi) is 5.91. The third-order valence-corrected chi connectivity index (χ3v) is 2.41. The molecule has 1 aromatic carbocycles. The van der Waals surface area contributed by atoms with Gasteiger partial charge in [-0.3, -0.25) is 0 Å². The van der Waals surface area contributed by atoms with Gasteiger partial charge in [0.05, 0.1) is 6.61 Å². The van der Waals surface area contributed by atoms with E-state index in [1.807, 2.05) is 0 Å². The summed E-state index contributed by atoms with van der Waals surface area (Å²) in [4.78, 5) is 0. The summed E-state index contributed by atoms with van der Waals surface area (Å²) in [6, 6.07) is 8.45. The Bertz CT molecular complexity index is 251. The quantitative estimate of drug-likeness (QED) is 0.611. The summed E-state index contributed by atoms with van der Waals surface area (Å²) in [5.41, 5.74) is 1.40. The molecule has 1 rings (SSSR count). The number of ether oxygens (including phenoxy) is 1. The molecule has 0 spiro atoms. The maximum atomic E-state index is 5.57. The van der Waals surface area contributed by atoms with Gasteiger partial charge in [0.2, 0.25) is 0 Å². The predicted molar refractivity (Wildman–Crippen MR) is 65.1 cm³/mol. The van der Waals surface area contributed by atoms with E-state index in [1.54, 1.807) is 0 Å². The van der Waals surface area contributed by atoms with Crippen molar-refractivity contribution in [1.82, 2.24) is 0 Å². The number of unbranched alkanes of at least 4 members (excludes halogenated alkanes) is 2. The molecule has 0 unspecified atom stereocenters. The molecule has 0 atom stereocenters. The molecule has 1 radical (unpaired) electrons. The molecule has 0 aliphatic rings. The predicted octanol–water partition coefficient (Wildman–Crippen LogP) is 4.02. The highest BCUT2D eigenvalue weighted by Gasteiger charge is 1.95. The normalized spacial score (nSPS) is 10.3. The van der Waals surface area contributed by atoms with Crippen LogP contribution in [0.15, 0.2) is 24.3 Å². The van der Waals surface area contributed by atoms with Crippen molar-refractivity contribution in [3.8, 4) is 5.75 Å². The van der Waals surface area contributed by atoms with Crippen LogP contribution in [-0.4, -0.2) is 6.61 Å². The summed E-state index contributed by atoms with van der Waals surface area (Å²) >= 11 is 0. The molecule has 15 heavy (non-hydrogen) atoms. The van der Waals surface area contributed by atoms with E-state index < -0.39 is 0 Å². The SMILES string of the molecule is [CH2]CCCOc1ccc(CCCC)cc1. The van der Waals surface area contributed by atoms with Gasteiger partial charge >= 0.3 is 0 Å². The number of rotatable bonds is 7. The number of benzene rings is 1. The molecule has 0 bridgehead atoms. The van der Waals surface area contributed by atoms with Crippen LogP contribution in [0, 0.1) is 6.92 Å². The maximum Gasteiger partial charge on any atom is 0.119 e. The zero-order valence-electron chi connectivity index (χ0n) is 9.67. The molecule has 0 saturated carbocycles. The van der Waals surface area contributed by atoms with Crippen LogP contribution in [0.2, 0.25) is 0 Å². The second kappa shape index (κ2) is 7.33. The minimum Gasteiger partial charge on any atom is -0.494 e. The smallest absolute Gasteiger partial charge is 0.119 e. The van der Waals surface area contributed by atoms with Crippen LogP contribution in [0.5, 0.6) is 5.75 Å². The fourth-order valence-electron chi connectivity index (χ4n) is 1.43. The van der Waals surface area contributed by atoms with Crippen molar-refractivity contribution >= 4 is 0 Å². The van der Waals surface area contributed by atoms with E-state index in [4.69, 9.17) is 4.74 Å². The highest BCUT2D eigenvalue weighted by atomic mass is 16.5. The zero-order valence-corrected chi connectivity index (χ0v) is 9.67. The monoisotopic (exact) mass is 205 g/mol. The third-order valence-electron chi connectivity index (χ3n) is 2.41. The lowest BCUT2D eigenvalue weighted by Crippen LogP contribution is -1.96. The van der Waals surface area contributed by atoms with Crippen LogP contribution >= 0.6 is 0 Å². The maximum absolute atomic E-state index is 5.57. The highest BCUT2D eigenvalue weighted by Crippen LogP contribution is 2.14. The summed E-state index contributed by atoms with van der Waals surface area (Å²) in [7, 11) is 0. The first-order valence-electron chi connectivity index (χ1n) is 5.87. The molecule has 1 aromatic rings. The van der Waals surface area contributed by atoms with E-state index >= 15 is 0 Å². The summed E-state index contributed by atoms with van der Waals surface area (Å²) < 4.78 is 5.57. The number of hydrogen-bond donors (Lipinski definition) is 0. The molecule has 1 nitrogen and oxygen atoms in total. The topological polar surface area (TPSA) is 9.23 Å². The molecule has 0 N–H and O–H groups in total. The molecule has 0 amide bonds. The van der Waals surface area contributed by atoms with Crippen LogP contribution < -0.4 is 4.74 Å². The standard InChI is InChI=1S/C14H21O/c1-3-5-7-13-8-10-14(11-9-13)15-12-6-4-2/h8-11H,2-7,12H2,1H3. The Hall–Kier alpha value is -0.980. The molecule has 0 fully saturated rings. The molecule has 0 aliphatic heterocycles. The van der Waals surface area contributed by atoms with Gasteiger partial charge in [-0.2, -0.15) is 0 Å². The van der Waals surface area contributed by atoms with Gasteiger partial charge in [-0.25, -0.2) is 0 Å². The third kappa shape index (κ3) is 4.87. The fraction of sp³-hybridized carbons (Fsp3) is 0.500. The average molecular weight is 205 g/mol. The summed E-state index contributed by atoms with van der Waals surface area (Å²) in [5.74, 6) is 0.976. The first-order valence-corrected chi connectivity index (χ1v) is 5.87. The lowest BCUT2D eigenvalue weighted by atomic mass is 10.1. The van der Waals surface area contributed by atoms with Crippen molar-refractivity contribution in [2.75, 3.05) is 6.61 Å². The first-order chi connectivity index (χ1) is 7.36. The molecule has 0 saturated heterocycles. The Morgan fingerprint density at radius 1 is 1.13 bits per heavy atom. The Labute approximate surface area is 93.5 Å². The molecular weight excluding hydrogens is 184 g/mol. The van der Waals surface area contributed by atoms with Crippen molar-refractivity contribution in [3.05, 3.63) is 36.8 Å². The van der Waals surface area contributed by atoms with Crippen LogP contribution in [0.1, 0.15) is 38.2 Å². The van der Waals surface area contributed by atoms with Crippen molar-refractivity contribution < 1.29 is 4.74 Å². The van der Waals surface area contributed by atoms with Crippen molar-refractivity contribution in [3.63, 3.8) is 0 Å². The van der Waals surface area contributed by atoms with Crippen LogP contribution in [0.25, 0.3) is 0 Å². The summed E-state index contributed by atoms with van der Waals surface area (Å²) in [6.07, 6.45) is 5.66. The Balaban J connectivity index is 2.35. The van der Waals surface area contributed by atoms with Crippen molar-refractivity contribution in [2.24, 2.45) is 0 Å². The van der Waals surface area contributed by atoms with Gasteiger partial charge in [0.1, 0.15) is 5.75 Å². The van der Waals surface area contributed by atoms with Crippen LogP contribution in [-0.2, 0) is 6.42 Å². The zero-order chi connectivity index (χ0) is 10.9. The summed E-state index contributed by atoms with van der Waals surface area (Å²) in [6.45, 7) is 6.78. The minimum atomic E-state index is 0.776. The van der Waals surface area contributed by atoms with E-state index in [2.05, 4.69) is 38.1 Å².